The highest BCUT2D eigenvalue weighted by atomic mass is 16.6. The molecule has 1 aliphatic heterocycles. The first-order valence-corrected chi connectivity index (χ1v) is 13.4. The molecule has 1 saturated heterocycles. The molecule has 4 aromatic rings. The van der Waals surface area contributed by atoms with Crippen molar-refractivity contribution in [3.63, 3.8) is 0 Å². The largest absolute Gasteiger partial charge is 0.490 e. The molecule has 1 aromatic heterocycles. The van der Waals surface area contributed by atoms with Crippen LogP contribution < -0.4 is 25.1 Å². The van der Waals surface area contributed by atoms with E-state index < -0.39 is 10.9 Å². The predicted octanol–water partition coefficient (Wildman–Crippen LogP) is 4.42. The fourth-order valence-electron chi connectivity index (χ4n) is 4.05. The zero-order valence-electron chi connectivity index (χ0n) is 23.2. The number of aromatic nitrogens is 3. The number of benzene rings is 3. The average molecular weight is 585 g/mol. The smallest absolute Gasteiger partial charge is 0.343 e. The lowest BCUT2D eigenvalue weighted by Gasteiger charge is -2.27. The standard InChI is InChI=1S/C29H28N8O6/c1-2-42-25-17-20(11-12-24(25)43-26(38)21-7-6-10-23(18-21)37(39)40)19-30-35-28-32-27(31-22-8-4-3-5-9-22)33-29(34-28)36-13-15-41-16-14-36/h3-12,17-19H,2,13-16H2,1H3,(H2,31,32,33,34,35). The van der Waals surface area contributed by atoms with Gasteiger partial charge in [-0.1, -0.05) is 24.3 Å². The Kier molecular flexibility index (Phi) is 9.29. The molecule has 0 radical (unpaired) electrons. The fourth-order valence-corrected chi connectivity index (χ4v) is 4.05. The van der Waals surface area contributed by atoms with E-state index in [0.717, 1.165) is 11.8 Å². The monoisotopic (exact) mass is 584 g/mol. The molecular weight excluding hydrogens is 556 g/mol. The van der Waals surface area contributed by atoms with Crippen LogP contribution in [0.3, 0.4) is 0 Å². The molecule has 0 saturated carbocycles. The number of morpholine rings is 1. The molecule has 0 bridgehead atoms. The van der Waals surface area contributed by atoms with Crippen LogP contribution in [0, 0.1) is 10.1 Å². The van der Waals surface area contributed by atoms with Crippen LogP contribution in [-0.4, -0.2) is 65.0 Å². The first-order valence-electron chi connectivity index (χ1n) is 13.4. The summed E-state index contributed by atoms with van der Waals surface area (Å²) in [6.45, 7) is 4.56. The Morgan fingerprint density at radius 1 is 1.02 bits per heavy atom. The lowest BCUT2D eigenvalue weighted by Crippen LogP contribution is -2.37. The van der Waals surface area contributed by atoms with Crippen molar-refractivity contribution >= 4 is 41.4 Å². The quantitative estimate of drug-likeness (QED) is 0.0839. The summed E-state index contributed by atoms with van der Waals surface area (Å²) < 4.78 is 16.6. The van der Waals surface area contributed by atoms with Crippen LogP contribution in [0.25, 0.3) is 0 Å². The summed E-state index contributed by atoms with van der Waals surface area (Å²) in [7, 11) is 0. The van der Waals surface area contributed by atoms with Crippen LogP contribution in [0.5, 0.6) is 11.5 Å². The number of esters is 1. The number of rotatable bonds is 11. The Labute approximate surface area is 246 Å². The molecule has 0 amide bonds. The molecule has 14 nitrogen and oxygen atoms in total. The maximum Gasteiger partial charge on any atom is 0.343 e. The normalized spacial score (nSPS) is 13.0. The number of nitrogens with zero attached hydrogens (tertiary/aromatic N) is 6. The first-order chi connectivity index (χ1) is 21.0. The van der Waals surface area contributed by atoms with Crippen molar-refractivity contribution in [1.29, 1.82) is 0 Å². The maximum absolute atomic E-state index is 12.7. The van der Waals surface area contributed by atoms with E-state index in [2.05, 4.69) is 30.8 Å². The van der Waals surface area contributed by atoms with Crippen molar-refractivity contribution in [3.05, 3.63) is 94.0 Å². The number of nitro benzene ring substituents is 1. The zero-order chi connectivity index (χ0) is 30.0. The maximum atomic E-state index is 12.7. The summed E-state index contributed by atoms with van der Waals surface area (Å²) >= 11 is 0. The number of hydrazone groups is 1. The number of nitro groups is 1. The molecule has 3 aromatic carbocycles. The number of para-hydroxylation sites is 1. The van der Waals surface area contributed by atoms with Gasteiger partial charge in [0.25, 0.3) is 5.69 Å². The Morgan fingerprint density at radius 3 is 2.58 bits per heavy atom. The van der Waals surface area contributed by atoms with Gasteiger partial charge in [0.05, 0.1) is 36.5 Å². The van der Waals surface area contributed by atoms with Crippen molar-refractivity contribution in [2.75, 3.05) is 48.6 Å². The van der Waals surface area contributed by atoms with Crippen molar-refractivity contribution in [3.8, 4) is 11.5 Å². The number of non-ortho nitro benzene ring substituents is 1. The summed E-state index contributed by atoms with van der Waals surface area (Å²) in [5.74, 6) is 0.788. The lowest BCUT2D eigenvalue weighted by molar-refractivity contribution is -0.384. The van der Waals surface area contributed by atoms with Gasteiger partial charge in [-0.2, -0.15) is 20.1 Å². The van der Waals surface area contributed by atoms with Crippen molar-refractivity contribution < 1.29 is 23.9 Å². The fraction of sp³-hybridized carbons (Fsp3) is 0.207. The van der Waals surface area contributed by atoms with Crippen molar-refractivity contribution in [1.82, 2.24) is 15.0 Å². The van der Waals surface area contributed by atoms with Gasteiger partial charge in [0, 0.05) is 30.9 Å². The molecule has 0 unspecified atom stereocenters. The first kappa shape index (κ1) is 28.9. The van der Waals surface area contributed by atoms with E-state index in [4.69, 9.17) is 14.2 Å². The van der Waals surface area contributed by atoms with Gasteiger partial charge in [-0.3, -0.25) is 10.1 Å². The average Bonchev–Trinajstić information content (AvgIpc) is 3.03. The Morgan fingerprint density at radius 2 is 1.81 bits per heavy atom. The van der Waals surface area contributed by atoms with E-state index in [0.29, 0.717) is 56.1 Å². The minimum atomic E-state index is -0.751. The highest BCUT2D eigenvalue weighted by Gasteiger charge is 2.18. The number of ether oxygens (including phenoxy) is 3. The lowest BCUT2D eigenvalue weighted by atomic mass is 10.2. The van der Waals surface area contributed by atoms with E-state index in [1.54, 1.807) is 25.1 Å². The van der Waals surface area contributed by atoms with Gasteiger partial charge >= 0.3 is 5.97 Å². The third kappa shape index (κ3) is 7.77. The van der Waals surface area contributed by atoms with Gasteiger partial charge < -0.3 is 24.4 Å². The van der Waals surface area contributed by atoms with Crippen LogP contribution in [-0.2, 0) is 4.74 Å². The zero-order valence-corrected chi connectivity index (χ0v) is 23.2. The number of hydrogen-bond acceptors (Lipinski definition) is 13. The van der Waals surface area contributed by atoms with Crippen LogP contribution in [0.15, 0.2) is 77.9 Å². The van der Waals surface area contributed by atoms with Crippen LogP contribution in [0.2, 0.25) is 0 Å². The van der Waals surface area contributed by atoms with Gasteiger partial charge in [0.1, 0.15) is 0 Å². The molecule has 0 atom stereocenters. The number of hydrogen-bond donors (Lipinski definition) is 2. The second-order valence-electron chi connectivity index (χ2n) is 9.08. The van der Waals surface area contributed by atoms with Gasteiger partial charge in [0.2, 0.25) is 17.8 Å². The Balaban J connectivity index is 1.32. The van der Waals surface area contributed by atoms with Gasteiger partial charge in [-0.05, 0) is 48.9 Å². The summed E-state index contributed by atoms with van der Waals surface area (Å²) in [5.41, 5.74) is 4.15. The van der Waals surface area contributed by atoms with Crippen LogP contribution in [0.1, 0.15) is 22.8 Å². The van der Waals surface area contributed by atoms with Crippen LogP contribution in [0.4, 0.5) is 29.2 Å². The molecule has 2 heterocycles. The number of carbonyl (C=O) groups excluding carboxylic acids is 1. The van der Waals surface area contributed by atoms with E-state index >= 15 is 0 Å². The topological polar surface area (TPSA) is 166 Å². The summed E-state index contributed by atoms with van der Waals surface area (Å²) in [6.07, 6.45) is 1.54. The summed E-state index contributed by atoms with van der Waals surface area (Å²) in [5, 5.41) is 18.5. The van der Waals surface area contributed by atoms with E-state index in [-0.39, 0.29) is 22.9 Å². The van der Waals surface area contributed by atoms with Gasteiger partial charge in [-0.15, -0.1) is 0 Å². The Bertz CT molecular complexity index is 1610. The molecule has 2 N–H and O–H groups in total. The number of anilines is 4. The summed E-state index contributed by atoms with van der Waals surface area (Å²) in [6, 6.07) is 19.8. The number of nitrogens with one attached hydrogen (secondary N) is 2. The van der Waals surface area contributed by atoms with Gasteiger partial charge in [-0.25, -0.2) is 10.2 Å². The molecule has 1 aliphatic rings. The molecular formula is C29H28N8O6. The number of carbonyl (C=O) groups is 1. The highest BCUT2D eigenvalue weighted by Crippen LogP contribution is 2.29. The van der Waals surface area contributed by atoms with E-state index in [9.17, 15) is 14.9 Å². The van der Waals surface area contributed by atoms with E-state index in [1.165, 1.54) is 24.4 Å². The SMILES string of the molecule is CCOc1cc(C=NNc2nc(Nc3ccccc3)nc(N3CCOCC3)n2)ccc1OC(=O)c1cccc([N+](=O)[O-])c1. The molecule has 43 heavy (non-hydrogen) atoms. The second kappa shape index (κ2) is 13.8. The third-order valence-corrected chi connectivity index (χ3v) is 6.09. The van der Waals surface area contributed by atoms with Crippen molar-refractivity contribution in [2.24, 2.45) is 5.10 Å². The van der Waals surface area contributed by atoms with Crippen LogP contribution >= 0.6 is 0 Å². The predicted molar refractivity (Wildman–Crippen MR) is 159 cm³/mol. The minimum absolute atomic E-state index is 0.0430. The molecule has 0 aliphatic carbocycles. The minimum Gasteiger partial charge on any atom is -0.490 e. The van der Waals surface area contributed by atoms with E-state index in [1.807, 2.05) is 35.2 Å². The molecule has 1 fully saturated rings. The second-order valence-corrected chi connectivity index (χ2v) is 9.08. The molecule has 14 heteroatoms. The molecule has 220 valence electrons. The van der Waals surface area contributed by atoms with Gasteiger partial charge in [0.15, 0.2) is 11.5 Å². The summed E-state index contributed by atoms with van der Waals surface area (Å²) in [4.78, 5) is 38.7. The highest BCUT2D eigenvalue weighted by molar-refractivity contribution is 5.92. The molecule has 0 spiro atoms. The molecule has 5 rings (SSSR count). The Hall–Kier alpha value is -5.63. The van der Waals surface area contributed by atoms with Crippen molar-refractivity contribution in [2.45, 2.75) is 6.92 Å². The third-order valence-electron chi connectivity index (χ3n) is 6.09.